The first-order valence-corrected chi connectivity index (χ1v) is 19.6. The standard InChI is InChI=1S/C16H32N2O2.C13H26.C9H20.C2H6.CH4/c1-3-4-10-20-13-16-11-15(17)12-18(16)9-7-5-6-8-14(2)19;1-3-5-7-9-11-13-12-10-8-6-4-2;1-3-5-7-9-8-6-4-2;1-2;/h15-16H,3-13,17H2,1-2H3;3H,1,4-13H2,2H3;3-9H2,1-2H3;1-2H3;1H4/t15?,16-;;;;/m0..../s1. The van der Waals surface area contributed by atoms with Gasteiger partial charge in [-0.3, -0.25) is 4.90 Å². The summed E-state index contributed by atoms with van der Waals surface area (Å²) >= 11 is 0. The highest BCUT2D eigenvalue weighted by Gasteiger charge is 2.29. The summed E-state index contributed by atoms with van der Waals surface area (Å²) in [4.78, 5) is 13.4. The van der Waals surface area contributed by atoms with E-state index in [1.807, 2.05) is 19.9 Å². The summed E-state index contributed by atoms with van der Waals surface area (Å²) < 4.78 is 5.75. The lowest BCUT2D eigenvalue weighted by Crippen LogP contribution is -2.34. The highest BCUT2D eigenvalue weighted by atomic mass is 16.5. The first-order chi connectivity index (χ1) is 21.5. The third kappa shape index (κ3) is 43.3. The number of ketones is 1. The molecule has 0 aromatic carbocycles. The van der Waals surface area contributed by atoms with E-state index in [4.69, 9.17) is 10.5 Å². The Morgan fingerprint density at radius 3 is 1.62 bits per heavy atom. The van der Waals surface area contributed by atoms with Crippen LogP contribution in [0.3, 0.4) is 0 Å². The topological polar surface area (TPSA) is 55.6 Å². The second-order valence-electron chi connectivity index (χ2n) is 12.8. The number of hydrogen-bond donors (Lipinski definition) is 1. The van der Waals surface area contributed by atoms with Crippen molar-refractivity contribution in [3.8, 4) is 0 Å². The van der Waals surface area contributed by atoms with E-state index in [2.05, 4.69) is 39.2 Å². The van der Waals surface area contributed by atoms with Gasteiger partial charge < -0.3 is 15.3 Å². The molecule has 0 amide bonds. The van der Waals surface area contributed by atoms with Crippen molar-refractivity contribution in [3.63, 3.8) is 0 Å². The van der Waals surface area contributed by atoms with E-state index in [-0.39, 0.29) is 7.43 Å². The number of likely N-dealkylation sites (tertiary alicyclic amines) is 1. The predicted molar refractivity (Wildman–Crippen MR) is 207 cm³/mol. The van der Waals surface area contributed by atoms with Crippen LogP contribution in [0.5, 0.6) is 0 Å². The molecule has 4 nitrogen and oxygen atoms in total. The van der Waals surface area contributed by atoms with Crippen molar-refractivity contribution < 1.29 is 9.53 Å². The molecule has 4 heteroatoms. The maximum Gasteiger partial charge on any atom is 0.129 e. The van der Waals surface area contributed by atoms with Crippen LogP contribution in [0.15, 0.2) is 12.7 Å². The van der Waals surface area contributed by atoms with Gasteiger partial charge in [0.05, 0.1) is 6.61 Å². The van der Waals surface area contributed by atoms with Gasteiger partial charge in [0.25, 0.3) is 0 Å². The molecular weight excluding hydrogens is 552 g/mol. The lowest BCUT2D eigenvalue weighted by molar-refractivity contribution is -0.117. The summed E-state index contributed by atoms with van der Waals surface area (Å²) in [5, 5.41) is 0. The van der Waals surface area contributed by atoms with Gasteiger partial charge >= 0.3 is 0 Å². The van der Waals surface area contributed by atoms with Gasteiger partial charge in [-0.1, -0.05) is 164 Å². The number of rotatable bonds is 27. The van der Waals surface area contributed by atoms with Crippen LogP contribution in [0.25, 0.3) is 0 Å². The van der Waals surface area contributed by atoms with Crippen LogP contribution in [0.4, 0.5) is 0 Å². The second-order valence-corrected chi connectivity index (χ2v) is 12.8. The number of carbonyl (C=O) groups excluding carboxylic acids is 1. The van der Waals surface area contributed by atoms with Crippen LogP contribution < -0.4 is 5.73 Å². The molecule has 0 spiro atoms. The van der Waals surface area contributed by atoms with Gasteiger partial charge in [0.15, 0.2) is 0 Å². The van der Waals surface area contributed by atoms with Gasteiger partial charge in [0.2, 0.25) is 0 Å². The Balaban J connectivity index is -0.000000291. The number of hydrogen-bond acceptors (Lipinski definition) is 4. The quantitative estimate of drug-likeness (QED) is 0.0717. The highest BCUT2D eigenvalue weighted by molar-refractivity contribution is 5.75. The smallest absolute Gasteiger partial charge is 0.129 e. The molecule has 1 rings (SSSR count). The van der Waals surface area contributed by atoms with Crippen LogP contribution in [0.2, 0.25) is 0 Å². The molecule has 1 unspecified atom stereocenters. The molecule has 0 aliphatic carbocycles. The lowest BCUT2D eigenvalue weighted by atomic mass is 10.1. The summed E-state index contributed by atoms with van der Waals surface area (Å²) in [5.41, 5.74) is 6.07. The SMILES string of the molecule is C.C=CCCCCCCCCCCC.CC.CCCCCCCCC.CCCCOC[C@@H]1CC(N)CN1CCCCCC(C)=O. The van der Waals surface area contributed by atoms with Crippen LogP contribution >= 0.6 is 0 Å². The summed E-state index contributed by atoms with van der Waals surface area (Å²) in [7, 11) is 0. The van der Waals surface area contributed by atoms with Gasteiger partial charge in [-0.15, -0.1) is 6.58 Å². The average molecular weight is 641 g/mol. The minimum atomic E-state index is 0. The fourth-order valence-corrected chi connectivity index (χ4v) is 5.43. The van der Waals surface area contributed by atoms with Gasteiger partial charge in [-0.05, 0) is 52.0 Å². The van der Waals surface area contributed by atoms with Gasteiger partial charge in [0, 0.05) is 31.7 Å². The van der Waals surface area contributed by atoms with E-state index in [0.29, 0.717) is 17.9 Å². The molecule has 0 bridgehead atoms. The summed E-state index contributed by atoms with van der Waals surface area (Å²) in [6.07, 6.45) is 33.4. The van der Waals surface area contributed by atoms with Crippen molar-refractivity contribution in [3.05, 3.63) is 12.7 Å². The molecule has 1 heterocycles. The van der Waals surface area contributed by atoms with Gasteiger partial charge in [-0.2, -0.15) is 0 Å². The van der Waals surface area contributed by atoms with Crippen LogP contribution in [-0.2, 0) is 9.53 Å². The third-order valence-corrected chi connectivity index (χ3v) is 8.21. The van der Waals surface area contributed by atoms with E-state index in [1.54, 1.807) is 6.92 Å². The van der Waals surface area contributed by atoms with Crippen molar-refractivity contribution >= 4 is 5.78 Å². The molecule has 0 radical (unpaired) electrons. The normalized spacial score (nSPS) is 15.5. The van der Waals surface area contributed by atoms with Crippen molar-refractivity contribution in [1.29, 1.82) is 0 Å². The summed E-state index contributed by atoms with van der Waals surface area (Å²) in [6, 6.07) is 0.793. The summed E-state index contributed by atoms with van der Waals surface area (Å²) in [5.74, 6) is 0.301. The average Bonchev–Trinajstić information content (AvgIpc) is 3.38. The molecule has 1 aliphatic rings. The fourth-order valence-electron chi connectivity index (χ4n) is 5.43. The molecule has 1 saturated heterocycles. The van der Waals surface area contributed by atoms with Gasteiger partial charge in [-0.25, -0.2) is 0 Å². The van der Waals surface area contributed by atoms with Crippen LogP contribution in [-0.4, -0.2) is 49.1 Å². The van der Waals surface area contributed by atoms with Crippen molar-refractivity contribution in [2.75, 3.05) is 26.3 Å². The molecular formula is C41H88N2O2. The number of unbranched alkanes of at least 4 members (excludes halogenated alkanes) is 18. The Hall–Kier alpha value is -0.710. The monoisotopic (exact) mass is 641 g/mol. The molecule has 0 aromatic rings. The van der Waals surface area contributed by atoms with Crippen molar-refractivity contribution in [2.45, 2.75) is 222 Å². The molecule has 0 aromatic heterocycles. The summed E-state index contributed by atoms with van der Waals surface area (Å²) in [6.45, 7) is 22.2. The van der Waals surface area contributed by atoms with E-state index >= 15 is 0 Å². The number of nitrogens with two attached hydrogens (primary N) is 1. The molecule has 2 atom stereocenters. The number of carbonyl (C=O) groups is 1. The highest BCUT2D eigenvalue weighted by Crippen LogP contribution is 2.18. The fraction of sp³-hybridized carbons (Fsp3) is 0.927. The zero-order valence-electron chi connectivity index (χ0n) is 31.6. The molecule has 0 saturated carbocycles. The number of ether oxygens (including phenoxy) is 1. The molecule has 274 valence electrons. The van der Waals surface area contributed by atoms with Gasteiger partial charge in [0.1, 0.15) is 5.78 Å². The Morgan fingerprint density at radius 2 is 1.18 bits per heavy atom. The lowest BCUT2D eigenvalue weighted by Gasteiger charge is -2.24. The van der Waals surface area contributed by atoms with E-state index in [9.17, 15) is 4.79 Å². The molecule has 1 aliphatic heterocycles. The number of nitrogens with zero attached hydrogens (tertiary/aromatic N) is 1. The zero-order chi connectivity index (χ0) is 33.5. The number of allylic oxidation sites excluding steroid dienone is 1. The predicted octanol–water partition coefficient (Wildman–Crippen LogP) is 12.9. The third-order valence-electron chi connectivity index (χ3n) is 8.21. The largest absolute Gasteiger partial charge is 0.380 e. The van der Waals surface area contributed by atoms with Crippen molar-refractivity contribution in [2.24, 2.45) is 5.73 Å². The Morgan fingerprint density at radius 1 is 0.733 bits per heavy atom. The minimum absolute atomic E-state index is 0. The Kier molecular flexibility index (Phi) is 51.6. The zero-order valence-corrected chi connectivity index (χ0v) is 31.6. The Bertz CT molecular complexity index is 534. The maximum absolute atomic E-state index is 10.9. The minimum Gasteiger partial charge on any atom is -0.380 e. The van der Waals surface area contributed by atoms with E-state index < -0.39 is 0 Å². The molecule has 2 N–H and O–H groups in total. The van der Waals surface area contributed by atoms with Crippen molar-refractivity contribution in [1.82, 2.24) is 4.90 Å². The maximum atomic E-state index is 10.9. The first kappa shape index (κ1) is 51.1. The Labute approximate surface area is 286 Å². The number of Topliss-reactive ketones (excluding diaryl/α,β-unsaturated/α-hetero) is 1. The van der Waals surface area contributed by atoms with E-state index in [0.717, 1.165) is 64.8 Å². The van der Waals surface area contributed by atoms with E-state index in [1.165, 1.54) is 116 Å². The molecule has 45 heavy (non-hydrogen) atoms. The first-order valence-electron chi connectivity index (χ1n) is 19.6. The van der Waals surface area contributed by atoms with Crippen LogP contribution in [0, 0.1) is 0 Å². The second kappa shape index (κ2) is 45.4. The molecule has 1 fully saturated rings. The van der Waals surface area contributed by atoms with Crippen LogP contribution in [0.1, 0.15) is 210 Å².